The standard InChI is InChI=1S/C17H26N2O4/c1-5-22-15(20)13-11-18-9-8-12(13)14-7-6-10-19(14)16(21)23-17(2,3)4/h6-7,10,12-13,18H,5,8-9,11H2,1-4H3/t12?,13-/m1/s1. The Labute approximate surface area is 137 Å². The van der Waals surface area contributed by atoms with E-state index in [4.69, 9.17) is 9.47 Å². The van der Waals surface area contributed by atoms with Crippen LogP contribution < -0.4 is 5.32 Å². The molecule has 1 aromatic rings. The third-order valence-corrected chi connectivity index (χ3v) is 3.82. The minimum Gasteiger partial charge on any atom is -0.466 e. The van der Waals surface area contributed by atoms with Gasteiger partial charge >= 0.3 is 12.1 Å². The molecule has 0 aromatic carbocycles. The van der Waals surface area contributed by atoms with Crippen LogP contribution in [0.25, 0.3) is 0 Å². The van der Waals surface area contributed by atoms with Crippen LogP contribution in [-0.2, 0) is 14.3 Å². The predicted molar refractivity (Wildman–Crippen MR) is 86.4 cm³/mol. The van der Waals surface area contributed by atoms with Gasteiger partial charge in [0.25, 0.3) is 0 Å². The molecule has 1 aliphatic rings. The van der Waals surface area contributed by atoms with E-state index >= 15 is 0 Å². The number of carbonyl (C=O) groups is 2. The summed E-state index contributed by atoms with van der Waals surface area (Å²) >= 11 is 0. The van der Waals surface area contributed by atoms with Crippen LogP contribution in [0.5, 0.6) is 0 Å². The lowest BCUT2D eigenvalue weighted by Gasteiger charge is -2.31. The molecular weight excluding hydrogens is 296 g/mol. The van der Waals surface area contributed by atoms with Gasteiger partial charge in [0, 0.05) is 24.4 Å². The normalized spacial score (nSPS) is 21.7. The first kappa shape index (κ1) is 17.5. The van der Waals surface area contributed by atoms with Gasteiger partial charge in [0.2, 0.25) is 0 Å². The first-order valence-electron chi connectivity index (χ1n) is 8.11. The summed E-state index contributed by atoms with van der Waals surface area (Å²) in [5.41, 5.74) is 0.242. The highest BCUT2D eigenvalue weighted by atomic mass is 16.6. The second-order valence-corrected chi connectivity index (χ2v) is 6.74. The maximum atomic E-state index is 12.4. The molecule has 0 bridgehead atoms. The average molecular weight is 322 g/mol. The summed E-state index contributed by atoms with van der Waals surface area (Å²) < 4.78 is 12.1. The number of carbonyl (C=O) groups excluding carboxylic acids is 2. The van der Waals surface area contributed by atoms with Crippen molar-refractivity contribution in [3.8, 4) is 0 Å². The van der Waals surface area contributed by atoms with Crippen molar-refractivity contribution in [2.45, 2.75) is 45.6 Å². The van der Waals surface area contributed by atoms with E-state index in [1.54, 1.807) is 13.1 Å². The quantitative estimate of drug-likeness (QED) is 0.866. The number of nitrogens with zero attached hydrogens (tertiary/aromatic N) is 1. The highest BCUT2D eigenvalue weighted by molar-refractivity contribution is 5.76. The average Bonchev–Trinajstić information content (AvgIpc) is 2.95. The number of hydrogen-bond donors (Lipinski definition) is 1. The van der Waals surface area contributed by atoms with Crippen LogP contribution in [-0.4, -0.2) is 41.9 Å². The summed E-state index contributed by atoms with van der Waals surface area (Å²) in [6.07, 6.45) is 2.04. The third-order valence-electron chi connectivity index (χ3n) is 3.82. The van der Waals surface area contributed by atoms with Gasteiger partial charge in [-0.3, -0.25) is 9.36 Å². The van der Waals surface area contributed by atoms with Crippen molar-refractivity contribution in [2.24, 2.45) is 5.92 Å². The van der Waals surface area contributed by atoms with E-state index in [-0.39, 0.29) is 17.8 Å². The molecule has 2 heterocycles. The second-order valence-electron chi connectivity index (χ2n) is 6.74. The van der Waals surface area contributed by atoms with E-state index in [0.29, 0.717) is 13.2 Å². The molecular formula is C17H26N2O4. The Kier molecular flexibility index (Phi) is 5.46. The van der Waals surface area contributed by atoms with Crippen LogP contribution in [0.2, 0.25) is 0 Å². The van der Waals surface area contributed by atoms with E-state index in [1.807, 2.05) is 32.9 Å². The molecule has 0 amide bonds. The van der Waals surface area contributed by atoms with Gasteiger partial charge in [-0.1, -0.05) is 0 Å². The van der Waals surface area contributed by atoms with E-state index in [0.717, 1.165) is 18.7 Å². The Morgan fingerprint density at radius 3 is 2.78 bits per heavy atom. The molecule has 128 valence electrons. The van der Waals surface area contributed by atoms with Gasteiger partial charge in [0.1, 0.15) is 5.60 Å². The fraction of sp³-hybridized carbons (Fsp3) is 0.647. The van der Waals surface area contributed by atoms with Gasteiger partial charge in [-0.15, -0.1) is 0 Å². The Morgan fingerprint density at radius 1 is 1.39 bits per heavy atom. The number of rotatable bonds is 3. The molecule has 1 saturated heterocycles. The second kappa shape index (κ2) is 7.17. The highest BCUT2D eigenvalue weighted by Gasteiger charge is 2.35. The van der Waals surface area contributed by atoms with Gasteiger partial charge < -0.3 is 14.8 Å². The molecule has 1 fully saturated rings. The molecule has 0 aliphatic carbocycles. The summed E-state index contributed by atoms with van der Waals surface area (Å²) in [5.74, 6) is -0.570. The van der Waals surface area contributed by atoms with Gasteiger partial charge in [-0.25, -0.2) is 4.79 Å². The Morgan fingerprint density at radius 2 is 2.13 bits per heavy atom. The van der Waals surface area contributed by atoms with Crippen molar-refractivity contribution in [2.75, 3.05) is 19.7 Å². The lowest BCUT2D eigenvalue weighted by atomic mass is 9.84. The molecule has 1 N–H and O–H groups in total. The van der Waals surface area contributed by atoms with Gasteiger partial charge in [-0.05, 0) is 52.8 Å². The minimum atomic E-state index is -0.562. The van der Waals surface area contributed by atoms with Crippen LogP contribution in [0.1, 0.15) is 45.7 Å². The zero-order valence-corrected chi connectivity index (χ0v) is 14.3. The Hall–Kier alpha value is -1.82. The lowest BCUT2D eigenvalue weighted by Crippen LogP contribution is -2.41. The maximum Gasteiger partial charge on any atom is 0.418 e. The molecule has 1 aromatic heterocycles. The van der Waals surface area contributed by atoms with Gasteiger partial charge in [-0.2, -0.15) is 0 Å². The summed E-state index contributed by atoms with van der Waals surface area (Å²) in [4.78, 5) is 24.6. The van der Waals surface area contributed by atoms with Crippen LogP contribution in [0.4, 0.5) is 4.79 Å². The van der Waals surface area contributed by atoms with Gasteiger partial charge in [0.15, 0.2) is 0 Å². The smallest absolute Gasteiger partial charge is 0.418 e. The molecule has 2 atom stereocenters. The first-order valence-corrected chi connectivity index (χ1v) is 8.11. The van der Waals surface area contributed by atoms with Crippen molar-refractivity contribution >= 4 is 12.1 Å². The van der Waals surface area contributed by atoms with Crippen molar-refractivity contribution < 1.29 is 19.1 Å². The molecule has 6 heteroatoms. The number of hydrogen-bond acceptors (Lipinski definition) is 5. The Bertz CT molecular complexity index is 559. The zero-order chi connectivity index (χ0) is 17.0. The van der Waals surface area contributed by atoms with E-state index < -0.39 is 11.7 Å². The first-order chi connectivity index (χ1) is 10.8. The van der Waals surface area contributed by atoms with E-state index in [2.05, 4.69) is 5.32 Å². The fourth-order valence-electron chi connectivity index (χ4n) is 2.88. The topological polar surface area (TPSA) is 69.6 Å². The molecule has 0 saturated carbocycles. The van der Waals surface area contributed by atoms with Crippen LogP contribution >= 0.6 is 0 Å². The third kappa shape index (κ3) is 4.34. The fourth-order valence-corrected chi connectivity index (χ4v) is 2.88. The number of ether oxygens (including phenoxy) is 2. The summed E-state index contributed by atoms with van der Waals surface area (Å²) in [5, 5.41) is 3.23. The molecule has 0 spiro atoms. The summed E-state index contributed by atoms with van der Waals surface area (Å²) in [7, 11) is 0. The van der Waals surface area contributed by atoms with E-state index in [9.17, 15) is 9.59 Å². The summed E-state index contributed by atoms with van der Waals surface area (Å²) in [6, 6.07) is 3.69. The largest absolute Gasteiger partial charge is 0.466 e. The van der Waals surface area contributed by atoms with Crippen molar-refractivity contribution in [1.82, 2.24) is 9.88 Å². The molecule has 2 rings (SSSR count). The number of esters is 1. The minimum absolute atomic E-state index is 0.0576. The van der Waals surface area contributed by atoms with E-state index in [1.165, 1.54) is 4.57 Å². The van der Waals surface area contributed by atoms with Crippen molar-refractivity contribution in [1.29, 1.82) is 0 Å². The van der Waals surface area contributed by atoms with Crippen LogP contribution in [0.15, 0.2) is 18.3 Å². The van der Waals surface area contributed by atoms with Gasteiger partial charge in [0.05, 0.1) is 12.5 Å². The zero-order valence-electron chi connectivity index (χ0n) is 14.3. The summed E-state index contributed by atoms with van der Waals surface area (Å²) in [6.45, 7) is 9.02. The predicted octanol–water partition coefficient (Wildman–Crippen LogP) is 2.53. The highest BCUT2D eigenvalue weighted by Crippen LogP contribution is 2.32. The number of piperidine rings is 1. The molecule has 1 unspecified atom stereocenters. The van der Waals surface area contributed by atoms with Crippen LogP contribution in [0, 0.1) is 5.92 Å². The number of nitrogens with one attached hydrogen (secondary N) is 1. The molecule has 6 nitrogen and oxygen atoms in total. The number of aromatic nitrogens is 1. The molecule has 1 aliphatic heterocycles. The van der Waals surface area contributed by atoms with Crippen LogP contribution in [0.3, 0.4) is 0 Å². The van der Waals surface area contributed by atoms with Crippen molar-refractivity contribution in [3.63, 3.8) is 0 Å². The molecule has 0 radical (unpaired) electrons. The monoisotopic (exact) mass is 322 g/mol. The maximum absolute atomic E-state index is 12.4. The molecule has 23 heavy (non-hydrogen) atoms. The SMILES string of the molecule is CCOC(=O)[C@@H]1CNCCC1c1cccn1C(=O)OC(C)(C)C. The Balaban J connectivity index is 2.24. The lowest BCUT2D eigenvalue weighted by molar-refractivity contribution is -0.149. The van der Waals surface area contributed by atoms with Crippen molar-refractivity contribution in [3.05, 3.63) is 24.0 Å².